The lowest BCUT2D eigenvalue weighted by Crippen LogP contribution is -2.49. The van der Waals surface area contributed by atoms with Crippen molar-refractivity contribution < 1.29 is 14.3 Å². The van der Waals surface area contributed by atoms with E-state index in [1.165, 1.54) is 24.8 Å². The van der Waals surface area contributed by atoms with Gasteiger partial charge in [-0.15, -0.1) is 0 Å². The minimum atomic E-state index is -0.420. The molecule has 2 fully saturated rings. The third-order valence-electron chi connectivity index (χ3n) is 5.94. The first-order valence-corrected chi connectivity index (χ1v) is 11.2. The molecule has 2 aromatic carbocycles. The van der Waals surface area contributed by atoms with Crippen molar-refractivity contribution in [3.63, 3.8) is 0 Å². The number of morpholine rings is 1. The van der Waals surface area contributed by atoms with Crippen LogP contribution in [0.2, 0.25) is 0 Å². The average molecular weight is 409 g/mol. The standard InChI is InChI=1S/C25H32N2O3/c28-25(24-19-27(15-16-29-24)18-21-7-3-1-4-8-21)26-17-20-11-13-23(14-12-20)30-22-9-5-2-6-10-22/h1,3-4,7-8,11-14,22,24H,2,5-6,9-10,15-19H2,(H,26,28). The highest BCUT2D eigenvalue weighted by atomic mass is 16.5. The van der Waals surface area contributed by atoms with Gasteiger partial charge in [-0.1, -0.05) is 48.9 Å². The van der Waals surface area contributed by atoms with E-state index < -0.39 is 6.10 Å². The second kappa shape index (κ2) is 10.6. The van der Waals surface area contributed by atoms with Crippen molar-refractivity contribution in [3.05, 3.63) is 65.7 Å². The van der Waals surface area contributed by atoms with Crippen LogP contribution in [0.1, 0.15) is 43.2 Å². The van der Waals surface area contributed by atoms with Crippen LogP contribution in [0.5, 0.6) is 5.75 Å². The number of benzene rings is 2. The minimum Gasteiger partial charge on any atom is -0.490 e. The van der Waals surface area contributed by atoms with Crippen molar-refractivity contribution in [1.82, 2.24) is 10.2 Å². The topological polar surface area (TPSA) is 50.8 Å². The second-order valence-corrected chi connectivity index (χ2v) is 8.32. The maximum atomic E-state index is 12.6. The summed E-state index contributed by atoms with van der Waals surface area (Å²) >= 11 is 0. The van der Waals surface area contributed by atoms with Gasteiger partial charge in [0.1, 0.15) is 11.9 Å². The molecule has 1 heterocycles. The van der Waals surface area contributed by atoms with E-state index in [9.17, 15) is 4.79 Å². The van der Waals surface area contributed by atoms with Crippen LogP contribution < -0.4 is 10.1 Å². The average Bonchev–Trinajstić information content (AvgIpc) is 2.80. The van der Waals surface area contributed by atoms with Crippen molar-refractivity contribution in [2.75, 3.05) is 19.7 Å². The molecule has 160 valence electrons. The maximum absolute atomic E-state index is 12.6. The molecule has 1 amide bonds. The highest BCUT2D eigenvalue weighted by Crippen LogP contribution is 2.23. The van der Waals surface area contributed by atoms with Gasteiger partial charge in [-0.05, 0) is 48.9 Å². The molecular weight excluding hydrogens is 376 g/mol. The largest absolute Gasteiger partial charge is 0.490 e. The van der Waals surface area contributed by atoms with Crippen LogP contribution in [-0.4, -0.2) is 42.7 Å². The highest BCUT2D eigenvalue weighted by Gasteiger charge is 2.26. The first-order chi connectivity index (χ1) is 14.8. The highest BCUT2D eigenvalue weighted by molar-refractivity contribution is 5.81. The first-order valence-electron chi connectivity index (χ1n) is 11.2. The van der Waals surface area contributed by atoms with Gasteiger partial charge in [0.2, 0.25) is 0 Å². The fourth-order valence-electron chi connectivity index (χ4n) is 4.21. The summed E-state index contributed by atoms with van der Waals surface area (Å²) in [4.78, 5) is 14.9. The normalized spacial score (nSPS) is 20.6. The third kappa shape index (κ3) is 6.07. The molecule has 0 radical (unpaired) electrons. The monoisotopic (exact) mass is 408 g/mol. The Morgan fingerprint density at radius 2 is 1.77 bits per heavy atom. The van der Waals surface area contributed by atoms with E-state index >= 15 is 0 Å². The van der Waals surface area contributed by atoms with Crippen LogP contribution in [0.25, 0.3) is 0 Å². The lowest BCUT2D eigenvalue weighted by Gasteiger charge is -2.32. The number of nitrogens with one attached hydrogen (secondary N) is 1. The molecule has 1 aliphatic carbocycles. The van der Waals surface area contributed by atoms with Gasteiger partial charge >= 0.3 is 0 Å². The number of amides is 1. The minimum absolute atomic E-state index is 0.0460. The summed E-state index contributed by atoms with van der Waals surface area (Å²) in [6.45, 7) is 3.39. The Morgan fingerprint density at radius 1 is 1.00 bits per heavy atom. The van der Waals surface area contributed by atoms with Crippen LogP contribution >= 0.6 is 0 Å². The number of carbonyl (C=O) groups excluding carboxylic acids is 1. The smallest absolute Gasteiger partial charge is 0.250 e. The zero-order valence-electron chi connectivity index (χ0n) is 17.6. The summed E-state index contributed by atoms with van der Waals surface area (Å²) < 4.78 is 11.8. The van der Waals surface area contributed by atoms with Gasteiger partial charge in [0.15, 0.2) is 0 Å². The number of rotatable bonds is 7. The molecule has 1 aliphatic heterocycles. The Morgan fingerprint density at radius 3 is 2.53 bits per heavy atom. The van der Waals surface area contributed by atoms with E-state index in [0.29, 0.717) is 25.8 Å². The molecule has 1 saturated heterocycles. The lowest BCUT2D eigenvalue weighted by atomic mass is 9.98. The molecule has 2 aliphatic rings. The maximum Gasteiger partial charge on any atom is 0.250 e. The first kappa shape index (κ1) is 20.9. The molecule has 1 N–H and O–H groups in total. The summed E-state index contributed by atoms with van der Waals surface area (Å²) in [5.41, 5.74) is 2.32. The van der Waals surface area contributed by atoms with Crippen LogP contribution in [0.4, 0.5) is 0 Å². The van der Waals surface area contributed by atoms with Gasteiger partial charge in [0.05, 0.1) is 12.7 Å². The van der Waals surface area contributed by atoms with E-state index in [-0.39, 0.29) is 5.91 Å². The summed E-state index contributed by atoms with van der Waals surface area (Å²) in [5.74, 6) is 0.874. The van der Waals surface area contributed by atoms with Crippen LogP contribution in [0, 0.1) is 0 Å². The Kier molecular flexibility index (Phi) is 7.38. The Bertz CT molecular complexity index is 788. The van der Waals surface area contributed by atoms with Crippen molar-refractivity contribution in [2.24, 2.45) is 0 Å². The SMILES string of the molecule is O=C(NCc1ccc(OC2CCCCC2)cc1)C1CN(Cc2ccccc2)CCO1. The van der Waals surface area contributed by atoms with E-state index in [1.54, 1.807) is 0 Å². The molecule has 1 atom stereocenters. The van der Waals surface area contributed by atoms with Gasteiger partial charge in [-0.3, -0.25) is 9.69 Å². The lowest BCUT2D eigenvalue weighted by molar-refractivity contribution is -0.139. The number of hydrogen-bond donors (Lipinski definition) is 1. The van der Waals surface area contributed by atoms with E-state index in [1.807, 2.05) is 42.5 Å². The molecule has 2 aromatic rings. The molecule has 0 bridgehead atoms. The molecule has 5 heteroatoms. The van der Waals surface area contributed by atoms with Gasteiger partial charge in [-0.2, -0.15) is 0 Å². The molecule has 0 aromatic heterocycles. The van der Waals surface area contributed by atoms with Crippen molar-refractivity contribution in [1.29, 1.82) is 0 Å². The van der Waals surface area contributed by atoms with Crippen molar-refractivity contribution in [3.8, 4) is 5.75 Å². The fraction of sp³-hybridized carbons (Fsp3) is 0.480. The molecule has 1 unspecified atom stereocenters. The molecule has 30 heavy (non-hydrogen) atoms. The Labute approximate surface area is 179 Å². The number of carbonyl (C=O) groups is 1. The molecular formula is C25H32N2O3. The number of hydrogen-bond acceptors (Lipinski definition) is 4. The van der Waals surface area contributed by atoms with Gasteiger partial charge in [-0.25, -0.2) is 0 Å². The van der Waals surface area contributed by atoms with Gasteiger partial charge < -0.3 is 14.8 Å². The zero-order valence-corrected chi connectivity index (χ0v) is 17.6. The second-order valence-electron chi connectivity index (χ2n) is 8.32. The Hall–Kier alpha value is -2.37. The van der Waals surface area contributed by atoms with Crippen molar-refractivity contribution in [2.45, 2.75) is 57.4 Å². The molecule has 5 nitrogen and oxygen atoms in total. The number of ether oxygens (including phenoxy) is 2. The fourth-order valence-corrected chi connectivity index (χ4v) is 4.21. The van der Waals surface area contributed by atoms with Crippen LogP contribution in [0.3, 0.4) is 0 Å². The van der Waals surface area contributed by atoms with Crippen molar-refractivity contribution >= 4 is 5.91 Å². The van der Waals surface area contributed by atoms with Gasteiger partial charge in [0, 0.05) is 26.2 Å². The summed E-state index contributed by atoms with van der Waals surface area (Å²) in [6, 6.07) is 18.4. The number of nitrogens with zero attached hydrogens (tertiary/aromatic N) is 1. The third-order valence-corrected chi connectivity index (χ3v) is 5.94. The predicted octanol–water partition coefficient (Wildman–Crippen LogP) is 3.92. The van der Waals surface area contributed by atoms with E-state index in [2.05, 4.69) is 22.3 Å². The molecule has 1 saturated carbocycles. The Balaban J connectivity index is 1.22. The summed E-state index contributed by atoms with van der Waals surface area (Å²) in [5, 5.41) is 3.02. The molecule has 4 rings (SSSR count). The van der Waals surface area contributed by atoms with Crippen LogP contribution in [0.15, 0.2) is 54.6 Å². The van der Waals surface area contributed by atoms with E-state index in [4.69, 9.17) is 9.47 Å². The summed E-state index contributed by atoms with van der Waals surface area (Å²) in [6.07, 6.45) is 6.10. The molecule has 0 spiro atoms. The zero-order chi connectivity index (χ0) is 20.6. The van der Waals surface area contributed by atoms with Gasteiger partial charge in [0.25, 0.3) is 5.91 Å². The summed E-state index contributed by atoms with van der Waals surface area (Å²) in [7, 11) is 0. The predicted molar refractivity (Wildman–Crippen MR) is 117 cm³/mol. The van der Waals surface area contributed by atoms with E-state index in [0.717, 1.165) is 37.2 Å². The quantitative estimate of drug-likeness (QED) is 0.755. The van der Waals surface area contributed by atoms with Crippen LogP contribution in [-0.2, 0) is 22.6 Å².